The zero-order valence-electron chi connectivity index (χ0n) is 12.7. The standard InChI is InChI=1S/C18H20N2O2/c1-19(13-15-7-3-2-4-8-15)18(21)14-20-11-12-22-17-10-6-5-9-16(17)20/h2-10H,11-14H2,1H3. The topological polar surface area (TPSA) is 32.8 Å². The first-order chi connectivity index (χ1) is 10.7. The Hall–Kier alpha value is -2.49. The molecule has 0 aromatic heterocycles. The molecule has 114 valence electrons. The Morgan fingerprint density at radius 1 is 1.14 bits per heavy atom. The summed E-state index contributed by atoms with van der Waals surface area (Å²) in [5, 5.41) is 0. The Morgan fingerprint density at radius 2 is 1.86 bits per heavy atom. The van der Waals surface area contributed by atoms with Crippen LogP contribution in [0.5, 0.6) is 5.75 Å². The van der Waals surface area contributed by atoms with Crippen LogP contribution in [0.15, 0.2) is 54.6 Å². The highest BCUT2D eigenvalue weighted by molar-refractivity contribution is 5.82. The molecule has 0 atom stereocenters. The van der Waals surface area contributed by atoms with Crippen LogP contribution < -0.4 is 9.64 Å². The molecule has 0 fully saturated rings. The maximum Gasteiger partial charge on any atom is 0.242 e. The predicted octanol–water partition coefficient (Wildman–Crippen LogP) is 2.54. The lowest BCUT2D eigenvalue weighted by atomic mass is 10.2. The van der Waals surface area contributed by atoms with Crippen molar-refractivity contribution in [3.05, 3.63) is 60.2 Å². The molecule has 2 aromatic carbocycles. The molecule has 3 rings (SSSR count). The number of fused-ring (bicyclic) bond motifs is 1. The average Bonchev–Trinajstić information content (AvgIpc) is 2.56. The van der Waals surface area contributed by atoms with Crippen molar-refractivity contribution >= 4 is 11.6 Å². The predicted molar refractivity (Wildman–Crippen MR) is 87.1 cm³/mol. The fourth-order valence-electron chi connectivity index (χ4n) is 2.62. The summed E-state index contributed by atoms with van der Waals surface area (Å²) >= 11 is 0. The lowest BCUT2D eigenvalue weighted by molar-refractivity contribution is -0.129. The van der Waals surface area contributed by atoms with Crippen molar-refractivity contribution in [1.29, 1.82) is 0 Å². The number of benzene rings is 2. The van der Waals surface area contributed by atoms with Gasteiger partial charge in [-0.15, -0.1) is 0 Å². The van der Waals surface area contributed by atoms with Crippen LogP contribution in [0.2, 0.25) is 0 Å². The van der Waals surface area contributed by atoms with Gasteiger partial charge in [-0.3, -0.25) is 4.79 Å². The van der Waals surface area contributed by atoms with Gasteiger partial charge in [0.25, 0.3) is 0 Å². The van der Waals surface area contributed by atoms with Gasteiger partial charge in [0, 0.05) is 13.6 Å². The first-order valence-corrected chi connectivity index (χ1v) is 7.49. The Bertz CT molecular complexity index is 643. The Balaban J connectivity index is 1.65. The summed E-state index contributed by atoms with van der Waals surface area (Å²) in [6.45, 7) is 2.37. The molecular weight excluding hydrogens is 276 g/mol. The van der Waals surface area contributed by atoms with E-state index in [0.29, 0.717) is 19.7 Å². The highest BCUT2D eigenvalue weighted by atomic mass is 16.5. The smallest absolute Gasteiger partial charge is 0.242 e. The van der Waals surface area contributed by atoms with Crippen LogP contribution in [0.25, 0.3) is 0 Å². The highest BCUT2D eigenvalue weighted by Gasteiger charge is 2.21. The van der Waals surface area contributed by atoms with Crippen LogP contribution in [0.1, 0.15) is 5.56 Å². The monoisotopic (exact) mass is 296 g/mol. The lowest BCUT2D eigenvalue weighted by Crippen LogP contribution is -2.41. The second-order valence-electron chi connectivity index (χ2n) is 5.47. The first kappa shape index (κ1) is 14.4. The van der Waals surface area contributed by atoms with E-state index in [9.17, 15) is 4.79 Å². The molecule has 1 aliphatic heterocycles. The van der Waals surface area contributed by atoms with Crippen molar-refractivity contribution in [2.75, 3.05) is 31.6 Å². The third-order valence-corrected chi connectivity index (χ3v) is 3.84. The minimum atomic E-state index is 0.112. The normalized spacial score (nSPS) is 13.2. The highest BCUT2D eigenvalue weighted by Crippen LogP contribution is 2.30. The maximum atomic E-state index is 12.5. The first-order valence-electron chi connectivity index (χ1n) is 7.49. The van der Waals surface area contributed by atoms with Gasteiger partial charge >= 0.3 is 0 Å². The van der Waals surface area contributed by atoms with Crippen molar-refractivity contribution in [2.24, 2.45) is 0 Å². The maximum absolute atomic E-state index is 12.5. The summed E-state index contributed by atoms with van der Waals surface area (Å²) in [7, 11) is 1.85. The second-order valence-corrected chi connectivity index (χ2v) is 5.47. The third kappa shape index (κ3) is 3.22. The van der Waals surface area contributed by atoms with Crippen LogP contribution >= 0.6 is 0 Å². The largest absolute Gasteiger partial charge is 0.490 e. The Kier molecular flexibility index (Phi) is 4.28. The summed E-state index contributed by atoms with van der Waals surface area (Å²) in [4.78, 5) is 16.3. The van der Waals surface area contributed by atoms with Crippen molar-refractivity contribution < 1.29 is 9.53 Å². The molecule has 1 aliphatic rings. The average molecular weight is 296 g/mol. The molecule has 0 unspecified atom stereocenters. The number of carbonyl (C=O) groups is 1. The minimum Gasteiger partial charge on any atom is -0.490 e. The molecule has 2 aromatic rings. The van der Waals surface area contributed by atoms with Crippen LogP contribution in [-0.2, 0) is 11.3 Å². The molecule has 0 radical (unpaired) electrons. The number of anilines is 1. The van der Waals surface area contributed by atoms with Gasteiger partial charge < -0.3 is 14.5 Å². The van der Waals surface area contributed by atoms with Crippen LogP contribution in [0.4, 0.5) is 5.69 Å². The molecular formula is C18H20N2O2. The lowest BCUT2D eigenvalue weighted by Gasteiger charge is -2.32. The number of amides is 1. The number of ether oxygens (including phenoxy) is 1. The van der Waals surface area contributed by atoms with E-state index < -0.39 is 0 Å². The molecule has 4 nitrogen and oxygen atoms in total. The van der Waals surface area contributed by atoms with Gasteiger partial charge in [0.05, 0.1) is 18.8 Å². The molecule has 0 saturated heterocycles. The summed E-state index contributed by atoms with van der Waals surface area (Å²) < 4.78 is 5.62. The fraction of sp³-hybridized carbons (Fsp3) is 0.278. The summed E-state index contributed by atoms with van der Waals surface area (Å²) in [6.07, 6.45) is 0. The van der Waals surface area contributed by atoms with Gasteiger partial charge in [-0.05, 0) is 17.7 Å². The van der Waals surface area contributed by atoms with E-state index >= 15 is 0 Å². The molecule has 4 heteroatoms. The summed E-state index contributed by atoms with van der Waals surface area (Å²) in [5.74, 6) is 0.966. The third-order valence-electron chi connectivity index (χ3n) is 3.84. The summed E-state index contributed by atoms with van der Waals surface area (Å²) in [5.41, 5.74) is 2.14. The number of likely N-dealkylation sites (N-methyl/N-ethyl adjacent to an activating group) is 1. The second kappa shape index (κ2) is 6.52. The fourth-order valence-corrected chi connectivity index (χ4v) is 2.62. The number of carbonyl (C=O) groups excluding carboxylic acids is 1. The van der Waals surface area contributed by atoms with E-state index in [1.165, 1.54) is 0 Å². The van der Waals surface area contributed by atoms with Gasteiger partial charge in [0.15, 0.2) is 0 Å². The Labute approximate surface area is 130 Å². The Morgan fingerprint density at radius 3 is 2.68 bits per heavy atom. The van der Waals surface area contributed by atoms with Crippen LogP contribution in [-0.4, -0.2) is 37.6 Å². The van der Waals surface area contributed by atoms with E-state index in [-0.39, 0.29) is 5.91 Å². The van der Waals surface area contributed by atoms with Gasteiger partial charge in [-0.2, -0.15) is 0 Å². The molecule has 0 saturated carbocycles. The molecule has 1 heterocycles. The van der Waals surface area contributed by atoms with Gasteiger partial charge in [-0.1, -0.05) is 42.5 Å². The molecule has 22 heavy (non-hydrogen) atoms. The van der Waals surface area contributed by atoms with Crippen molar-refractivity contribution in [2.45, 2.75) is 6.54 Å². The van der Waals surface area contributed by atoms with E-state index in [4.69, 9.17) is 4.74 Å². The van der Waals surface area contributed by atoms with Crippen LogP contribution in [0, 0.1) is 0 Å². The zero-order chi connectivity index (χ0) is 15.4. The van der Waals surface area contributed by atoms with E-state index in [0.717, 1.165) is 23.5 Å². The molecule has 0 spiro atoms. The molecule has 1 amide bonds. The van der Waals surface area contributed by atoms with E-state index in [2.05, 4.69) is 4.90 Å². The van der Waals surface area contributed by atoms with Crippen LogP contribution in [0.3, 0.4) is 0 Å². The SMILES string of the molecule is CN(Cc1ccccc1)C(=O)CN1CCOc2ccccc21. The minimum absolute atomic E-state index is 0.112. The van der Waals surface area contributed by atoms with Gasteiger partial charge in [-0.25, -0.2) is 0 Å². The summed E-state index contributed by atoms with van der Waals surface area (Å²) in [6, 6.07) is 17.9. The van der Waals surface area contributed by atoms with Gasteiger partial charge in [0.1, 0.15) is 12.4 Å². The zero-order valence-corrected chi connectivity index (χ0v) is 12.7. The number of para-hydroxylation sites is 2. The van der Waals surface area contributed by atoms with Gasteiger partial charge in [0.2, 0.25) is 5.91 Å². The molecule has 0 aliphatic carbocycles. The van der Waals surface area contributed by atoms with E-state index in [1.54, 1.807) is 4.90 Å². The number of hydrogen-bond acceptors (Lipinski definition) is 3. The number of nitrogens with zero attached hydrogens (tertiary/aromatic N) is 2. The molecule has 0 N–H and O–H groups in total. The van der Waals surface area contributed by atoms with E-state index in [1.807, 2.05) is 61.6 Å². The van der Waals surface area contributed by atoms with Crippen molar-refractivity contribution in [3.8, 4) is 5.75 Å². The number of hydrogen-bond donors (Lipinski definition) is 0. The quantitative estimate of drug-likeness (QED) is 0.869. The molecule has 0 bridgehead atoms. The van der Waals surface area contributed by atoms with Crippen molar-refractivity contribution in [3.63, 3.8) is 0 Å². The van der Waals surface area contributed by atoms with Crippen molar-refractivity contribution in [1.82, 2.24) is 4.90 Å². The number of rotatable bonds is 4.